The van der Waals surface area contributed by atoms with Crippen molar-refractivity contribution in [2.24, 2.45) is 4.99 Å². The first-order valence-corrected chi connectivity index (χ1v) is 9.46. The molecule has 0 spiro atoms. The van der Waals surface area contributed by atoms with Crippen LogP contribution in [0.15, 0.2) is 52.0 Å². The van der Waals surface area contributed by atoms with Gasteiger partial charge in [-0.3, -0.25) is 9.89 Å². The third-order valence-electron chi connectivity index (χ3n) is 5.25. The van der Waals surface area contributed by atoms with Gasteiger partial charge in [-0.05, 0) is 19.2 Å². The molecule has 4 rings (SSSR count). The number of benzene rings is 1. The number of halogens is 1. The molecule has 1 atom stereocenters. The number of aliphatic imine (C=N–C) groups is 1. The van der Waals surface area contributed by atoms with E-state index in [2.05, 4.69) is 58.6 Å². The maximum atomic E-state index is 6.26. The minimum absolute atomic E-state index is 0.138. The first kappa shape index (κ1) is 16.8. The van der Waals surface area contributed by atoms with Gasteiger partial charge in [-0.1, -0.05) is 35.9 Å². The Labute approximate surface area is 154 Å². The zero-order chi connectivity index (χ0) is 17.2. The molecule has 0 radical (unpaired) electrons. The second-order valence-electron chi connectivity index (χ2n) is 7.02. The smallest absolute Gasteiger partial charge is 0.0730 e. The van der Waals surface area contributed by atoms with Crippen LogP contribution in [0.2, 0.25) is 0 Å². The van der Waals surface area contributed by atoms with Gasteiger partial charge in [0.1, 0.15) is 0 Å². The van der Waals surface area contributed by atoms with Gasteiger partial charge in [0.15, 0.2) is 0 Å². The summed E-state index contributed by atoms with van der Waals surface area (Å²) >= 11 is 6.26. The molecule has 1 unspecified atom stereocenters. The molecule has 1 saturated heterocycles. The average molecular weight is 357 g/mol. The van der Waals surface area contributed by atoms with Crippen molar-refractivity contribution in [3.05, 3.63) is 52.6 Å². The first-order valence-electron chi connectivity index (χ1n) is 9.08. The lowest BCUT2D eigenvalue weighted by atomic mass is 9.87. The summed E-state index contributed by atoms with van der Waals surface area (Å²) < 4.78 is 0. The molecule has 3 aliphatic rings. The summed E-state index contributed by atoms with van der Waals surface area (Å²) in [6, 6.07) is 8.57. The average Bonchev–Trinajstić information content (AvgIpc) is 2.62. The van der Waals surface area contributed by atoms with Crippen LogP contribution in [0.25, 0.3) is 0 Å². The van der Waals surface area contributed by atoms with E-state index in [1.54, 1.807) is 0 Å². The van der Waals surface area contributed by atoms with E-state index in [0.29, 0.717) is 0 Å². The van der Waals surface area contributed by atoms with Crippen molar-refractivity contribution in [1.82, 2.24) is 9.80 Å². The third-order valence-corrected chi connectivity index (χ3v) is 5.53. The molecule has 0 aromatic heterocycles. The summed E-state index contributed by atoms with van der Waals surface area (Å²) in [5.74, 6) is 0. The number of para-hydroxylation sites is 1. The number of anilines is 1. The van der Waals surface area contributed by atoms with Crippen LogP contribution in [-0.2, 0) is 0 Å². The van der Waals surface area contributed by atoms with Crippen molar-refractivity contribution in [1.29, 1.82) is 0 Å². The quantitative estimate of drug-likeness (QED) is 0.903. The zero-order valence-electron chi connectivity index (χ0n) is 14.7. The molecule has 4 nitrogen and oxygen atoms in total. The summed E-state index contributed by atoms with van der Waals surface area (Å²) in [5.41, 5.74) is 4.75. The lowest BCUT2D eigenvalue weighted by molar-refractivity contribution is 0.157. The Hall–Kier alpha value is -1.62. The Bertz CT molecular complexity index is 729. The number of nitrogens with zero attached hydrogens (tertiary/aromatic N) is 3. The fourth-order valence-corrected chi connectivity index (χ4v) is 3.93. The van der Waals surface area contributed by atoms with Crippen LogP contribution < -0.4 is 5.32 Å². The van der Waals surface area contributed by atoms with E-state index in [-0.39, 0.29) is 6.04 Å². The SMILES string of the molecule is CN1CCN(CCN=C2C3=CCC(Cl)=CC3Nc3ccccc32)CC1. The Morgan fingerprint density at radius 2 is 2.00 bits per heavy atom. The lowest BCUT2D eigenvalue weighted by Crippen LogP contribution is -2.45. The van der Waals surface area contributed by atoms with Crippen molar-refractivity contribution >= 4 is 23.0 Å². The molecular weight excluding hydrogens is 332 g/mol. The highest BCUT2D eigenvalue weighted by molar-refractivity contribution is 6.30. The molecule has 25 heavy (non-hydrogen) atoms. The predicted molar refractivity (Wildman–Crippen MR) is 106 cm³/mol. The first-order chi connectivity index (χ1) is 12.2. The lowest BCUT2D eigenvalue weighted by Gasteiger charge is -2.33. The van der Waals surface area contributed by atoms with Crippen LogP contribution in [0.4, 0.5) is 5.69 Å². The normalized spacial score (nSPS) is 25.7. The van der Waals surface area contributed by atoms with E-state index in [9.17, 15) is 0 Å². The molecule has 2 aliphatic heterocycles. The maximum absolute atomic E-state index is 6.26. The number of hydrogen-bond donors (Lipinski definition) is 1. The Morgan fingerprint density at radius 1 is 1.20 bits per heavy atom. The number of rotatable bonds is 3. The van der Waals surface area contributed by atoms with Crippen LogP contribution in [0.1, 0.15) is 12.0 Å². The fraction of sp³-hybridized carbons (Fsp3) is 0.450. The summed E-state index contributed by atoms with van der Waals surface area (Å²) in [6.45, 7) is 6.46. The van der Waals surface area contributed by atoms with Crippen molar-refractivity contribution in [2.45, 2.75) is 12.5 Å². The monoisotopic (exact) mass is 356 g/mol. The van der Waals surface area contributed by atoms with Gasteiger partial charge in [0, 0.05) is 61.0 Å². The molecular formula is C20H25ClN4. The molecule has 5 heteroatoms. The highest BCUT2D eigenvalue weighted by Crippen LogP contribution is 2.33. The fourth-order valence-electron chi connectivity index (χ4n) is 3.73. The Morgan fingerprint density at radius 3 is 2.84 bits per heavy atom. The van der Waals surface area contributed by atoms with Gasteiger partial charge < -0.3 is 10.2 Å². The van der Waals surface area contributed by atoms with E-state index in [0.717, 1.165) is 62.1 Å². The molecule has 1 N–H and O–H groups in total. The van der Waals surface area contributed by atoms with Crippen LogP contribution in [0.3, 0.4) is 0 Å². The van der Waals surface area contributed by atoms with E-state index >= 15 is 0 Å². The molecule has 1 fully saturated rings. The van der Waals surface area contributed by atoms with E-state index < -0.39 is 0 Å². The number of fused-ring (bicyclic) bond motifs is 2. The highest BCUT2D eigenvalue weighted by Gasteiger charge is 2.28. The van der Waals surface area contributed by atoms with Crippen LogP contribution in [-0.4, -0.2) is 67.9 Å². The zero-order valence-corrected chi connectivity index (χ0v) is 15.5. The van der Waals surface area contributed by atoms with Gasteiger partial charge in [0.25, 0.3) is 0 Å². The van der Waals surface area contributed by atoms with Gasteiger partial charge >= 0.3 is 0 Å². The largest absolute Gasteiger partial charge is 0.374 e. The van der Waals surface area contributed by atoms with Gasteiger partial charge in [-0.25, -0.2) is 0 Å². The number of hydrogen-bond acceptors (Lipinski definition) is 4. The molecule has 1 aliphatic carbocycles. The van der Waals surface area contributed by atoms with Gasteiger partial charge in [0.05, 0.1) is 18.3 Å². The molecule has 1 aromatic carbocycles. The van der Waals surface area contributed by atoms with Crippen LogP contribution in [0.5, 0.6) is 0 Å². The topological polar surface area (TPSA) is 30.9 Å². The highest BCUT2D eigenvalue weighted by atomic mass is 35.5. The summed E-state index contributed by atoms with van der Waals surface area (Å²) in [5, 5.41) is 4.48. The molecule has 0 amide bonds. The number of allylic oxidation sites excluding steroid dienone is 2. The van der Waals surface area contributed by atoms with Gasteiger partial charge in [-0.2, -0.15) is 0 Å². The number of piperazine rings is 1. The van der Waals surface area contributed by atoms with Crippen molar-refractivity contribution < 1.29 is 0 Å². The predicted octanol–water partition coefficient (Wildman–Crippen LogP) is 2.97. The molecule has 132 valence electrons. The van der Waals surface area contributed by atoms with Crippen LogP contribution >= 0.6 is 11.6 Å². The van der Waals surface area contributed by atoms with Crippen molar-refractivity contribution in [3.8, 4) is 0 Å². The third kappa shape index (κ3) is 3.66. The Balaban J connectivity index is 1.54. The van der Waals surface area contributed by atoms with Crippen molar-refractivity contribution in [3.63, 3.8) is 0 Å². The molecule has 2 heterocycles. The number of likely N-dealkylation sites (N-methyl/N-ethyl adjacent to an activating group) is 1. The molecule has 1 aromatic rings. The van der Waals surface area contributed by atoms with Crippen molar-refractivity contribution in [2.75, 3.05) is 51.6 Å². The molecule has 0 saturated carbocycles. The van der Waals surface area contributed by atoms with Gasteiger partial charge in [-0.15, -0.1) is 0 Å². The standard InChI is InChI=1S/C20H25ClN4/c1-24-10-12-25(13-11-24)9-8-22-20-16-4-2-3-5-18(16)23-19-14-15(21)6-7-17(19)20/h2-5,7,14,19,23H,6,8-13H2,1H3. The van der Waals surface area contributed by atoms with E-state index in [4.69, 9.17) is 16.6 Å². The maximum Gasteiger partial charge on any atom is 0.0730 e. The second-order valence-corrected chi connectivity index (χ2v) is 7.51. The van der Waals surface area contributed by atoms with Gasteiger partial charge in [0.2, 0.25) is 0 Å². The number of nitrogens with one attached hydrogen (secondary N) is 1. The molecule has 0 bridgehead atoms. The minimum Gasteiger partial charge on any atom is -0.374 e. The summed E-state index contributed by atoms with van der Waals surface area (Å²) in [7, 11) is 2.19. The van der Waals surface area contributed by atoms with E-state index in [1.165, 1.54) is 11.1 Å². The van der Waals surface area contributed by atoms with Crippen LogP contribution in [0, 0.1) is 0 Å². The summed E-state index contributed by atoms with van der Waals surface area (Å²) in [4.78, 5) is 9.93. The summed E-state index contributed by atoms with van der Waals surface area (Å²) in [6.07, 6.45) is 5.14. The Kier molecular flexibility index (Phi) is 4.93. The minimum atomic E-state index is 0.138. The van der Waals surface area contributed by atoms with E-state index in [1.807, 2.05) is 0 Å². The second kappa shape index (κ2) is 7.32.